The van der Waals surface area contributed by atoms with Gasteiger partial charge in [-0.05, 0) is 82.1 Å². The minimum Gasteiger partial charge on any atom is -0.200 e. The fraction of sp³-hybridized carbons (Fsp3) is 0.150. The molecule has 3 aromatic rings. The second-order valence-corrected chi connectivity index (χ2v) is 9.31. The van der Waals surface area contributed by atoms with Gasteiger partial charge in [0.15, 0.2) is 0 Å². The maximum Gasteiger partial charge on any atom is 0.279 e. The summed E-state index contributed by atoms with van der Waals surface area (Å²) in [6.45, 7) is 0.408. The molecule has 0 saturated heterocycles. The zero-order valence-corrected chi connectivity index (χ0v) is 16.9. The monoisotopic (exact) mass is 476 g/mol. The average Bonchev–Trinajstić information content (AvgIpc) is 2.68. The molecule has 0 amide bonds. The van der Waals surface area contributed by atoms with Gasteiger partial charge in [-0.1, -0.05) is 36.4 Å². The van der Waals surface area contributed by atoms with Crippen LogP contribution in [0.3, 0.4) is 0 Å². The molecule has 1 aliphatic rings. The molecule has 0 radical (unpaired) electrons. The standard InChI is InChI=1S/C20H17IN2O2S/c21-18-9-11-19(12-10-18)26(24,25)23-13-3-6-20(22-23)17-8-7-15-4-1-2-5-16(15)14-17/h1-2,4-5,7-12,14H,3,6,13H2. The third-order valence-corrected chi connectivity index (χ3v) is 6.87. The summed E-state index contributed by atoms with van der Waals surface area (Å²) < 4.78 is 28.0. The number of fused-ring (bicyclic) bond motifs is 1. The minimum atomic E-state index is -3.62. The predicted octanol–water partition coefficient (Wildman–Crippen LogP) is 4.63. The summed E-state index contributed by atoms with van der Waals surface area (Å²) in [5, 5.41) is 6.78. The lowest BCUT2D eigenvalue weighted by atomic mass is 10.0. The molecule has 0 atom stereocenters. The van der Waals surface area contributed by atoms with Crippen molar-refractivity contribution in [2.24, 2.45) is 5.10 Å². The Labute approximate surface area is 166 Å². The summed E-state index contributed by atoms with van der Waals surface area (Å²) in [6, 6.07) is 21.1. The number of rotatable bonds is 3. The quantitative estimate of drug-likeness (QED) is 0.518. The summed E-state index contributed by atoms with van der Waals surface area (Å²) in [5.74, 6) is 0. The number of hydrogen-bond acceptors (Lipinski definition) is 3. The molecule has 0 fully saturated rings. The Morgan fingerprint density at radius 1 is 0.923 bits per heavy atom. The van der Waals surface area contributed by atoms with Crippen LogP contribution in [-0.4, -0.2) is 25.1 Å². The molecule has 0 aliphatic carbocycles. The molecule has 0 N–H and O–H groups in total. The van der Waals surface area contributed by atoms with E-state index >= 15 is 0 Å². The second-order valence-electron chi connectivity index (χ2n) is 6.22. The first-order valence-electron chi connectivity index (χ1n) is 8.39. The fourth-order valence-electron chi connectivity index (χ4n) is 3.09. The molecule has 6 heteroatoms. The van der Waals surface area contributed by atoms with Crippen LogP contribution in [0.5, 0.6) is 0 Å². The SMILES string of the molecule is O=S(=O)(c1ccc(I)cc1)N1CCCC(c2ccc3ccccc3c2)=N1. The third kappa shape index (κ3) is 3.35. The third-order valence-electron chi connectivity index (χ3n) is 4.47. The summed E-state index contributed by atoms with van der Waals surface area (Å²) in [6.07, 6.45) is 1.53. The topological polar surface area (TPSA) is 49.7 Å². The molecule has 0 aromatic heterocycles. The zero-order valence-electron chi connectivity index (χ0n) is 14.0. The molecule has 3 aromatic carbocycles. The molecule has 4 rings (SSSR count). The minimum absolute atomic E-state index is 0.279. The van der Waals surface area contributed by atoms with Gasteiger partial charge >= 0.3 is 0 Å². The Morgan fingerprint density at radius 3 is 2.42 bits per heavy atom. The van der Waals surface area contributed by atoms with Crippen molar-refractivity contribution in [2.45, 2.75) is 17.7 Å². The number of nitrogens with zero attached hydrogens (tertiary/aromatic N) is 2. The molecular weight excluding hydrogens is 459 g/mol. The number of hydrogen-bond donors (Lipinski definition) is 0. The highest BCUT2D eigenvalue weighted by Crippen LogP contribution is 2.24. The van der Waals surface area contributed by atoms with E-state index < -0.39 is 10.0 Å². The number of hydrazone groups is 1. The second kappa shape index (κ2) is 7.00. The van der Waals surface area contributed by atoms with Gasteiger partial charge in [0, 0.05) is 3.57 Å². The van der Waals surface area contributed by atoms with Gasteiger partial charge in [0.05, 0.1) is 17.2 Å². The van der Waals surface area contributed by atoms with Crippen LogP contribution in [-0.2, 0) is 10.0 Å². The predicted molar refractivity (Wildman–Crippen MR) is 113 cm³/mol. The van der Waals surface area contributed by atoms with Crippen molar-refractivity contribution in [1.29, 1.82) is 0 Å². The van der Waals surface area contributed by atoms with Crippen molar-refractivity contribution < 1.29 is 8.42 Å². The van der Waals surface area contributed by atoms with E-state index in [1.165, 1.54) is 4.41 Å². The van der Waals surface area contributed by atoms with Gasteiger partial charge in [0.25, 0.3) is 10.0 Å². The lowest BCUT2D eigenvalue weighted by molar-refractivity contribution is 0.410. The van der Waals surface area contributed by atoms with Gasteiger partial charge in [0.2, 0.25) is 0 Å². The maximum atomic E-state index is 12.9. The largest absolute Gasteiger partial charge is 0.279 e. The van der Waals surface area contributed by atoms with E-state index in [9.17, 15) is 8.42 Å². The van der Waals surface area contributed by atoms with Crippen molar-refractivity contribution in [1.82, 2.24) is 4.41 Å². The number of halogens is 1. The first-order chi connectivity index (χ1) is 12.5. The normalized spacial score (nSPS) is 15.1. The van der Waals surface area contributed by atoms with Gasteiger partial charge in [-0.2, -0.15) is 17.9 Å². The number of sulfonamides is 1. The van der Waals surface area contributed by atoms with E-state index in [1.807, 2.05) is 18.2 Å². The van der Waals surface area contributed by atoms with Crippen molar-refractivity contribution in [3.05, 3.63) is 75.9 Å². The van der Waals surface area contributed by atoms with E-state index in [0.717, 1.165) is 38.5 Å². The average molecular weight is 476 g/mol. The molecule has 1 heterocycles. The lowest BCUT2D eigenvalue weighted by Gasteiger charge is -2.25. The van der Waals surface area contributed by atoms with Crippen LogP contribution in [0.25, 0.3) is 10.8 Å². The van der Waals surface area contributed by atoms with Crippen molar-refractivity contribution in [3.8, 4) is 0 Å². The molecule has 0 spiro atoms. The Morgan fingerprint density at radius 2 is 1.65 bits per heavy atom. The molecule has 26 heavy (non-hydrogen) atoms. The van der Waals surface area contributed by atoms with Gasteiger partial charge in [0.1, 0.15) is 0 Å². The van der Waals surface area contributed by atoms with Crippen molar-refractivity contribution in [3.63, 3.8) is 0 Å². The van der Waals surface area contributed by atoms with Crippen LogP contribution in [0.15, 0.2) is 76.7 Å². The summed E-state index contributed by atoms with van der Waals surface area (Å²) >= 11 is 2.16. The zero-order chi connectivity index (χ0) is 18.1. The van der Waals surface area contributed by atoms with Crippen LogP contribution in [0.1, 0.15) is 18.4 Å². The highest BCUT2D eigenvalue weighted by molar-refractivity contribution is 14.1. The molecule has 132 valence electrons. The van der Waals surface area contributed by atoms with E-state index in [2.05, 4.69) is 52.0 Å². The first-order valence-corrected chi connectivity index (χ1v) is 10.9. The summed E-state index contributed by atoms with van der Waals surface area (Å²) in [4.78, 5) is 0.279. The highest BCUT2D eigenvalue weighted by atomic mass is 127. The smallest absolute Gasteiger partial charge is 0.200 e. The van der Waals surface area contributed by atoms with Crippen LogP contribution in [0, 0.1) is 3.57 Å². The van der Waals surface area contributed by atoms with Gasteiger partial charge in [-0.3, -0.25) is 0 Å². The van der Waals surface area contributed by atoms with Crippen LogP contribution in [0.4, 0.5) is 0 Å². The van der Waals surface area contributed by atoms with E-state index in [1.54, 1.807) is 24.3 Å². The summed E-state index contributed by atoms with van der Waals surface area (Å²) in [7, 11) is -3.62. The Kier molecular flexibility index (Phi) is 4.71. The molecule has 1 aliphatic heterocycles. The first kappa shape index (κ1) is 17.5. The van der Waals surface area contributed by atoms with E-state index in [-0.39, 0.29) is 4.90 Å². The molecule has 0 saturated carbocycles. The molecule has 0 bridgehead atoms. The molecule has 0 unspecified atom stereocenters. The van der Waals surface area contributed by atoms with Gasteiger partial charge in [-0.15, -0.1) is 0 Å². The van der Waals surface area contributed by atoms with Crippen LogP contribution >= 0.6 is 22.6 Å². The van der Waals surface area contributed by atoms with Gasteiger partial charge in [-0.25, -0.2) is 0 Å². The van der Waals surface area contributed by atoms with E-state index in [0.29, 0.717) is 6.54 Å². The molecular formula is C20H17IN2O2S. The Bertz CT molecular complexity index is 1090. The fourth-order valence-corrected chi connectivity index (χ4v) is 4.75. The van der Waals surface area contributed by atoms with Crippen molar-refractivity contribution in [2.75, 3.05) is 6.54 Å². The van der Waals surface area contributed by atoms with Gasteiger partial charge < -0.3 is 0 Å². The van der Waals surface area contributed by atoms with Crippen molar-refractivity contribution >= 4 is 49.1 Å². The number of benzene rings is 3. The van der Waals surface area contributed by atoms with Crippen LogP contribution < -0.4 is 0 Å². The molecule has 4 nitrogen and oxygen atoms in total. The maximum absolute atomic E-state index is 12.9. The van der Waals surface area contributed by atoms with Crippen LogP contribution in [0.2, 0.25) is 0 Å². The van der Waals surface area contributed by atoms with E-state index in [4.69, 9.17) is 0 Å². The summed E-state index contributed by atoms with van der Waals surface area (Å²) in [5.41, 5.74) is 1.79. The highest BCUT2D eigenvalue weighted by Gasteiger charge is 2.26. The Hall–Kier alpha value is -1.93. The Balaban J connectivity index is 1.71. The lowest BCUT2D eigenvalue weighted by Crippen LogP contribution is -2.32.